The van der Waals surface area contributed by atoms with Crippen LogP contribution in [-0.2, 0) is 14.3 Å². The van der Waals surface area contributed by atoms with Gasteiger partial charge in [-0.25, -0.2) is 4.79 Å². The van der Waals surface area contributed by atoms with Gasteiger partial charge in [0.25, 0.3) is 0 Å². The molecule has 0 aromatic heterocycles. The summed E-state index contributed by atoms with van der Waals surface area (Å²) in [5.41, 5.74) is 0.389. The number of hydrogen-bond donors (Lipinski definition) is 0. The Hall–Kier alpha value is -1.35. The predicted molar refractivity (Wildman–Crippen MR) is 55.6 cm³/mol. The summed E-state index contributed by atoms with van der Waals surface area (Å²) in [6.07, 6.45) is 0.709. The molecule has 1 aliphatic carbocycles. The highest BCUT2D eigenvalue weighted by atomic mass is 16.6. The highest BCUT2D eigenvalue weighted by Gasteiger charge is 2.62. The zero-order chi connectivity index (χ0) is 10.9. The molecule has 2 rings (SSSR count). The third-order valence-corrected chi connectivity index (χ3v) is 3.01. The van der Waals surface area contributed by atoms with Crippen LogP contribution in [0.2, 0.25) is 0 Å². The van der Waals surface area contributed by atoms with Crippen molar-refractivity contribution >= 4 is 5.97 Å². The van der Waals surface area contributed by atoms with Gasteiger partial charge in [-0.1, -0.05) is 30.3 Å². The van der Waals surface area contributed by atoms with E-state index in [-0.39, 0.29) is 11.9 Å². The largest absolute Gasteiger partial charge is 0.467 e. The lowest BCUT2D eigenvalue weighted by molar-refractivity contribution is -0.155. The molecule has 1 fully saturated rings. The van der Waals surface area contributed by atoms with Gasteiger partial charge in [-0.3, -0.25) is 0 Å². The van der Waals surface area contributed by atoms with Crippen molar-refractivity contribution in [3.05, 3.63) is 35.9 Å². The molecule has 0 spiro atoms. The number of methoxy groups -OCH3 is 2. The monoisotopic (exact) mass is 206 g/mol. The Kier molecular flexibility index (Phi) is 2.49. The maximum atomic E-state index is 11.6. The Morgan fingerprint density at radius 3 is 2.53 bits per heavy atom. The summed E-state index contributed by atoms with van der Waals surface area (Å²) in [5, 5.41) is 0. The van der Waals surface area contributed by atoms with E-state index in [0.717, 1.165) is 5.56 Å². The summed E-state index contributed by atoms with van der Waals surface area (Å²) in [5.74, 6) is -0.144. The fourth-order valence-corrected chi connectivity index (χ4v) is 2.02. The van der Waals surface area contributed by atoms with E-state index in [9.17, 15) is 4.79 Å². The molecule has 1 aliphatic rings. The van der Waals surface area contributed by atoms with Gasteiger partial charge in [0.2, 0.25) is 0 Å². The van der Waals surface area contributed by atoms with Crippen LogP contribution in [0.4, 0.5) is 0 Å². The van der Waals surface area contributed by atoms with E-state index in [1.54, 1.807) is 7.11 Å². The minimum absolute atomic E-state index is 0.135. The molecule has 0 aliphatic heterocycles. The van der Waals surface area contributed by atoms with Crippen molar-refractivity contribution in [2.45, 2.75) is 17.9 Å². The molecule has 1 aromatic rings. The molecule has 15 heavy (non-hydrogen) atoms. The van der Waals surface area contributed by atoms with Crippen LogP contribution in [0.15, 0.2) is 30.3 Å². The molecule has 3 nitrogen and oxygen atoms in total. The topological polar surface area (TPSA) is 35.5 Å². The number of rotatable bonds is 3. The van der Waals surface area contributed by atoms with Crippen molar-refractivity contribution in [3.63, 3.8) is 0 Å². The lowest BCUT2D eigenvalue weighted by Gasteiger charge is -2.12. The summed E-state index contributed by atoms with van der Waals surface area (Å²) in [6.45, 7) is 0. The third kappa shape index (κ3) is 1.53. The number of ether oxygens (including phenoxy) is 2. The van der Waals surface area contributed by atoms with Crippen LogP contribution in [0.5, 0.6) is 0 Å². The molecular formula is C12H14O3. The van der Waals surface area contributed by atoms with Crippen molar-refractivity contribution < 1.29 is 14.3 Å². The van der Waals surface area contributed by atoms with Gasteiger partial charge in [0.1, 0.15) is 0 Å². The second-order valence-electron chi connectivity index (χ2n) is 3.75. The zero-order valence-corrected chi connectivity index (χ0v) is 8.90. The van der Waals surface area contributed by atoms with E-state index in [1.165, 1.54) is 7.11 Å². The smallest absolute Gasteiger partial charge is 0.338 e. The minimum atomic E-state index is -0.740. The SMILES string of the molecule is COC(=O)C1(OC)CC1c1ccccc1. The lowest BCUT2D eigenvalue weighted by Crippen LogP contribution is -2.28. The Balaban J connectivity index is 2.20. The van der Waals surface area contributed by atoms with Crippen LogP contribution in [0.1, 0.15) is 17.9 Å². The summed E-state index contributed by atoms with van der Waals surface area (Å²) in [7, 11) is 2.95. The van der Waals surface area contributed by atoms with Gasteiger partial charge < -0.3 is 9.47 Å². The zero-order valence-electron chi connectivity index (χ0n) is 8.90. The molecule has 0 amide bonds. The minimum Gasteiger partial charge on any atom is -0.467 e. The van der Waals surface area contributed by atoms with E-state index in [4.69, 9.17) is 9.47 Å². The van der Waals surface area contributed by atoms with Gasteiger partial charge >= 0.3 is 5.97 Å². The normalized spacial score (nSPS) is 28.5. The van der Waals surface area contributed by atoms with Crippen LogP contribution in [0, 0.1) is 0 Å². The summed E-state index contributed by atoms with van der Waals surface area (Å²) in [4.78, 5) is 11.6. The molecule has 0 heterocycles. The fraction of sp³-hybridized carbons (Fsp3) is 0.417. The van der Waals surface area contributed by atoms with Crippen LogP contribution in [-0.4, -0.2) is 25.8 Å². The van der Waals surface area contributed by atoms with Gasteiger partial charge in [0.05, 0.1) is 7.11 Å². The van der Waals surface area contributed by atoms with Gasteiger partial charge in [-0.2, -0.15) is 0 Å². The average molecular weight is 206 g/mol. The first kappa shape index (κ1) is 10.2. The molecule has 80 valence electrons. The summed E-state index contributed by atoms with van der Waals surface area (Å²) in [6, 6.07) is 9.90. The molecule has 0 radical (unpaired) electrons. The van der Waals surface area contributed by atoms with Crippen LogP contribution in [0.3, 0.4) is 0 Å². The second-order valence-corrected chi connectivity index (χ2v) is 3.75. The van der Waals surface area contributed by atoms with Crippen LogP contribution < -0.4 is 0 Å². The number of benzene rings is 1. The molecular weight excluding hydrogens is 192 g/mol. The standard InChI is InChI=1S/C12H14O3/c1-14-11(13)12(15-2)8-10(12)9-6-4-3-5-7-9/h3-7,10H,8H2,1-2H3. The fourth-order valence-electron chi connectivity index (χ4n) is 2.02. The van der Waals surface area contributed by atoms with Crippen molar-refractivity contribution in [1.29, 1.82) is 0 Å². The van der Waals surface area contributed by atoms with Crippen molar-refractivity contribution in [2.75, 3.05) is 14.2 Å². The second kappa shape index (κ2) is 3.66. The van der Waals surface area contributed by atoms with E-state index in [1.807, 2.05) is 30.3 Å². The molecule has 1 aromatic carbocycles. The summed E-state index contributed by atoms with van der Waals surface area (Å²) >= 11 is 0. The molecule has 1 saturated carbocycles. The van der Waals surface area contributed by atoms with E-state index in [0.29, 0.717) is 6.42 Å². The first-order chi connectivity index (χ1) is 7.24. The lowest BCUT2D eigenvalue weighted by atomic mass is 10.1. The number of carbonyl (C=O) groups is 1. The van der Waals surface area contributed by atoms with E-state index in [2.05, 4.69) is 0 Å². The molecule has 0 bridgehead atoms. The van der Waals surface area contributed by atoms with E-state index < -0.39 is 5.60 Å². The molecule has 0 N–H and O–H groups in total. The van der Waals surface area contributed by atoms with E-state index >= 15 is 0 Å². The van der Waals surface area contributed by atoms with Gasteiger partial charge in [-0.05, 0) is 12.0 Å². The molecule has 0 saturated heterocycles. The van der Waals surface area contributed by atoms with Crippen molar-refractivity contribution in [2.24, 2.45) is 0 Å². The van der Waals surface area contributed by atoms with Crippen molar-refractivity contribution in [3.8, 4) is 0 Å². The Morgan fingerprint density at radius 1 is 1.33 bits per heavy atom. The number of carbonyl (C=O) groups excluding carboxylic acids is 1. The van der Waals surface area contributed by atoms with Gasteiger partial charge in [0.15, 0.2) is 5.60 Å². The quantitative estimate of drug-likeness (QED) is 0.706. The van der Waals surface area contributed by atoms with Gasteiger partial charge in [-0.15, -0.1) is 0 Å². The molecule has 2 unspecified atom stereocenters. The molecule has 3 heteroatoms. The van der Waals surface area contributed by atoms with Gasteiger partial charge in [0, 0.05) is 13.0 Å². The number of esters is 1. The third-order valence-electron chi connectivity index (χ3n) is 3.01. The Labute approximate surface area is 89.0 Å². The maximum absolute atomic E-state index is 11.6. The predicted octanol–water partition coefficient (Wildman–Crippen LogP) is 1.73. The Morgan fingerprint density at radius 2 is 2.00 bits per heavy atom. The highest BCUT2D eigenvalue weighted by Crippen LogP contribution is 2.54. The summed E-state index contributed by atoms with van der Waals surface area (Å²) < 4.78 is 10.1. The van der Waals surface area contributed by atoms with Crippen LogP contribution in [0.25, 0.3) is 0 Å². The maximum Gasteiger partial charge on any atom is 0.338 e. The van der Waals surface area contributed by atoms with Crippen LogP contribution >= 0.6 is 0 Å². The highest BCUT2D eigenvalue weighted by molar-refractivity contribution is 5.85. The first-order valence-electron chi connectivity index (χ1n) is 4.93. The molecule has 2 atom stereocenters. The Bertz CT molecular complexity index is 360. The average Bonchev–Trinajstić information content (AvgIpc) is 3.05. The first-order valence-corrected chi connectivity index (χ1v) is 4.93. The number of hydrogen-bond acceptors (Lipinski definition) is 3. The van der Waals surface area contributed by atoms with Crippen molar-refractivity contribution in [1.82, 2.24) is 0 Å².